The Kier molecular flexibility index (Phi) is 6.69. The molecule has 0 saturated heterocycles. The van der Waals surface area contributed by atoms with Crippen LogP contribution in [0.2, 0.25) is 0 Å². The fourth-order valence-electron chi connectivity index (χ4n) is 3.74. The molecule has 1 N–H and O–H groups in total. The number of hydrogen-bond donors (Lipinski definition) is 1. The number of carbonyl (C=O) groups is 1. The second-order valence-corrected chi connectivity index (χ2v) is 10.4. The van der Waals surface area contributed by atoms with E-state index in [-0.39, 0.29) is 18.3 Å². The van der Waals surface area contributed by atoms with E-state index in [1.54, 1.807) is 34.4 Å². The number of nitrogens with one attached hydrogen (secondary N) is 1. The molecule has 0 bridgehead atoms. The standard InChI is InChI=1S/C23H21N3OS3.ClH/c1-26-12-11-16-19(13-26)30-23(25-21(27)14-7-9-15(28-2)10-8-14)20(16)22-24-17-5-3-4-6-18(17)29-22;/h3-10H,11-13H2,1-2H3,(H,25,27);1H. The zero-order chi connectivity index (χ0) is 20.7. The van der Waals surface area contributed by atoms with Gasteiger partial charge in [0.1, 0.15) is 10.0 Å². The van der Waals surface area contributed by atoms with Crippen LogP contribution in [0.4, 0.5) is 5.00 Å². The minimum atomic E-state index is -0.0723. The van der Waals surface area contributed by atoms with Crippen molar-refractivity contribution in [2.75, 3.05) is 25.2 Å². The molecular formula is C23H22ClN3OS3. The number of carbonyl (C=O) groups excluding carboxylic acids is 1. The summed E-state index contributed by atoms with van der Waals surface area (Å²) in [5.74, 6) is -0.0723. The van der Waals surface area contributed by atoms with Crippen LogP contribution in [0.5, 0.6) is 0 Å². The number of thioether (sulfide) groups is 1. The lowest BCUT2D eigenvalue weighted by Gasteiger charge is -2.22. The molecular weight excluding hydrogens is 466 g/mol. The fourth-order valence-corrected chi connectivity index (χ4v) is 6.58. The van der Waals surface area contributed by atoms with Crippen LogP contribution in [-0.2, 0) is 13.0 Å². The number of anilines is 1. The van der Waals surface area contributed by atoms with Gasteiger partial charge in [-0.25, -0.2) is 4.98 Å². The molecule has 0 spiro atoms. The smallest absolute Gasteiger partial charge is 0.256 e. The zero-order valence-electron chi connectivity index (χ0n) is 17.2. The molecule has 1 aliphatic heterocycles. The number of likely N-dealkylation sites (N-methyl/N-ethyl adjacent to an activating group) is 1. The van der Waals surface area contributed by atoms with Gasteiger partial charge in [0, 0.05) is 34.0 Å². The fraction of sp³-hybridized carbons (Fsp3) is 0.217. The van der Waals surface area contributed by atoms with Gasteiger partial charge in [-0.05, 0) is 61.7 Å². The Labute approximate surface area is 200 Å². The molecule has 0 saturated carbocycles. The number of rotatable bonds is 4. The number of thiazole rings is 1. The number of amides is 1. The zero-order valence-corrected chi connectivity index (χ0v) is 20.4. The van der Waals surface area contributed by atoms with Crippen molar-refractivity contribution in [1.82, 2.24) is 9.88 Å². The minimum Gasteiger partial charge on any atom is -0.313 e. The van der Waals surface area contributed by atoms with Gasteiger partial charge in [0.15, 0.2) is 0 Å². The van der Waals surface area contributed by atoms with E-state index in [9.17, 15) is 4.79 Å². The SMILES string of the molecule is CSc1ccc(C(=O)Nc2sc3c(c2-c2nc4ccccc4s2)CCN(C)C3)cc1.Cl. The van der Waals surface area contributed by atoms with Crippen molar-refractivity contribution in [2.45, 2.75) is 17.9 Å². The van der Waals surface area contributed by atoms with Crippen molar-refractivity contribution >= 4 is 68.0 Å². The Morgan fingerprint density at radius 1 is 1.13 bits per heavy atom. The first-order chi connectivity index (χ1) is 14.6. The molecule has 4 nitrogen and oxygen atoms in total. The Balaban J connectivity index is 0.00000231. The summed E-state index contributed by atoms with van der Waals surface area (Å²) in [7, 11) is 2.14. The van der Waals surface area contributed by atoms with Crippen LogP contribution in [0.3, 0.4) is 0 Å². The Morgan fingerprint density at radius 3 is 2.65 bits per heavy atom. The van der Waals surface area contributed by atoms with E-state index >= 15 is 0 Å². The van der Waals surface area contributed by atoms with Crippen LogP contribution in [0, 0.1) is 0 Å². The van der Waals surface area contributed by atoms with E-state index in [1.807, 2.05) is 48.7 Å². The van der Waals surface area contributed by atoms with Gasteiger partial charge >= 0.3 is 0 Å². The first kappa shape index (κ1) is 22.3. The molecule has 0 atom stereocenters. The van der Waals surface area contributed by atoms with Gasteiger partial charge in [-0.2, -0.15) is 0 Å². The third-order valence-electron chi connectivity index (χ3n) is 5.33. The highest BCUT2D eigenvalue weighted by Gasteiger charge is 2.26. The summed E-state index contributed by atoms with van der Waals surface area (Å²) in [5.41, 5.74) is 4.13. The third kappa shape index (κ3) is 4.38. The summed E-state index contributed by atoms with van der Waals surface area (Å²) in [5, 5.41) is 5.10. The number of para-hydroxylation sites is 1. The summed E-state index contributed by atoms with van der Waals surface area (Å²) in [4.78, 5) is 22.7. The van der Waals surface area contributed by atoms with Gasteiger partial charge < -0.3 is 10.2 Å². The lowest BCUT2D eigenvalue weighted by Crippen LogP contribution is -2.25. The third-order valence-corrected chi connectivity index (χ3v) is 8.26. The number of hydrogen-bond acceptors (Lipinski definition) is 6. The van der Waals surface area contributed by atoms with E-state index < -0.39 is 0 Å². The number of nitrogens with zero attached hydrogens (tertiary/aromatic N) is 2. The molecule has 5 rings (SSSR count). The summed E-state index contributed by atoms with van der Waals surface area (Å²) in [6, 6.07) is 16.0. The summed E-state index contributed by atoms with van der Waals surface area (Å²) in [6.45, 7) is 1.93. The van der Waals surface area contributed by atoms with Crippen LogP contribution in [0.15, 0.2) is 53.4 Å². The van der Waals surface area contributed by atoms with Crippen molar-refractivity contribution in [3.05, 3.63) is 64.5 Å². The van der Waals surface area contributed by atoms with Crippen LogP contribution in [-0.4, -0.2) is 35.6 Å². The highest BCUT2D eigenvalue weighted by atomic mass is 35.5. The predicted octanol–water partition coefficient (Wildman–Crippen LogP) is 6.41. The van der Waals surface area contributed by atoms with Crippen LogP contribution >= 0.6 is 46.8 Å². The van der Waals surface area contributed by atoms with E-state index in [1.165, 1.54) is 15.1 Å². The topological polar surface area (TPSA) is 45.2 Å². The summed E-state index contributed by atoms with van der Waals surface area (Å²) >= 11 is 5.06. The maximum Gasteiger partial charge on any atom is 0.256 e. The molecule has 8 heteroatoms. The van der Waals surface area contributed by atoms with Crippen molar-refractivity contribution in [3.63, 3.8) is 0 Å². The summed E-state index contributed by atoms with van der Waals surface area (Å²) in [6.07, 6.45) is 3.01. The quantitative estimate of drug-likeness (QED) is 0.338. The van der Waals surface area contributed by atoms with Crippen molar-refractivity contribution in [3.8, 4) is 10.6 Å². The molecule has 0 aliphatic carbocycles. The van der Waals surface area contributed by atoms with Gasteiger partial charge in [0.05, 0.1) is 10.2 Å². The second-order valence-electron chi connectivity index (χ2n) is 7.37. The van der Waals surface area contributed by atoms with Gasteiger partial charge in [-0.1, -0.05) is 12.1 Å². The van der Waals surface area contributed by atoms with E-state index in [0.29, 0.717) is 5.56 Å². The molecule has 31 heavy (non-hydrogen) atoms. The first-order valence-corrected chi connectivity index (χ1v) is 12.6. The average Bonchev–Trinajstić information content (AvgIpc) is 3.33. The van der Waals surface area contributed by atoms with Crippen LogP contribution in [0.25, 0.3) is 20.8 Å². The van der Waals surface area contributed by atoms with Crippen molar-refractivity contribution in [1.29, 1.82) is 0 Å². The molecule has 1 amide bonds. The van der Waals surface area contributed by atoms with Gasteiger partial charge in [0.25, 0.3) is 5.91 Å². The molecule has 0 fully saturated rings. The molecule has 160 valence electrons. The maximum atomic E-state index is 13.0. The summed E-state index contributed by atoms with van der Waals surface area (Å²) < 4.78 is 1.17. The molecule has 2 aromatic heterocycles. The van der Waals surface area contributed by atoms with Gasteiger partial charge in [-0.15, -0.1) is 46.8 Å². The highest BCUT2D eigenvalue weighted by Crippen LogP contribution is 2.45. The Morgan fingerprint density at radius 2 is 1.90 bits per heavy atom. The monoisotopic (exact) mass is 487 g/mol. The normalized spacial score (nSPS) is 13.6. The minimum absolute atomic E-state index is 0. The maximum absolute atomic E-state index is 13.0. The molecule has 0 unspecified atom stereocenters. The van der Waals surface area contributed by atoms with Crippen LogP contribution < -0.4 is 5.32 Å². The molecule has 0 radical (unpaired) electrons. The van der Waals surface area contributed by atoms with E-state index in [0.717, 1.165) is 45.5 Å². The predicted molar refractivity (Wildman–Crippen MR) is 136 cm³/mol. The van der Waals surface area contributed by atoms with Gasteiger partial charge in [-0.3, -0.25) is 4.79 Å². The molecule has 1 aliphatic rings. The number of thiophene rings is 1. The average molecular weight is 488 g/mol. The number of aromatic nitrogens is 1. The highest BCUT2D eigenvalue weighted by molar-refractivity contribution is 7.98. The van der Waals surface area contributed by atoms with E-state index in [4.69, 9.17) is 4.98 Å². The lowest BCUT2D eigenvalue weighted by molar-refractivity contribution is 0.102. The van der Waals surface area contributed by atoms with Crippen molar-refractivity contribution < 1.29 is 4.79 Å². The number of benzene rings is 2. The lowest BCUT2D eigenvalue weighted by atomic mass is 10.0. The van der Waals surface area contributed by atoms with E-state index in [2.05, 4.69) is 23.3 Å². The van der Waals surface area contributed by atoms with Crippen LogP contribution in [0.1, 0.15) is 20.8 Å². The Hall–Kier alpha value is -1.90. The first-order valence-electron chi connectivity index (χ1n) is 9.77. The van der Waals surface area contributed by atoms with Gasteiger partial charge in [0.2, 0.25) is 0 Å². The number of halogens is 1. The molecule has 3 heterocycles. The number of fused-ring (bicyclic) bond motifs is 2. The largest absolute Gasteiger partial charge is 0.313 e. The van der Waals surface area contributed by atoms with Crippen molar-refractivity contribution in [2.24, 2.45) is 0 Å². The Bertz CT molecular complexity index is 1200. The molecule has 2 aromatic carbocycles. The second kappa shape index (κ2) is 9.30. The molecule has 4 aromatic rings.